The fourth-order valence-corrected chi connectivity index (χ4v) is 5.17. The number of rotatable bonds is 6. The molecule has 1 aliphatic heterocycles. The van der Waals surface area contributed by atoms with Crippen molar-refractivity contribution in [2.45, 2.75) is 32.7 Å². The number of imide groups is 1. The number of fused-ring (bicyclic) bond motifs is 1. The molecule has 0 saturated carbocycles. The number of thiophene rings is 2. The van der Waals surface area contributed by atoms with Crippen molar-refractivity contribution in [1.82, 2.24) is 10.6 Å². The Morgan fingerprint density at radius 3 is 2.85 bits per heavy atom. The van der Waals surface area contributed by atoms with Crippen LogP contribution < -0.4 is 15.5 Å². The Morgan fingerprint density at radius 1 is 1.27 bits per heavy atom. The zero-order chi connectivity index (χ0) is 18.5. The average Bonchev–Trinajstić information content (AvgIpc) is 3.25. The zero-order valence-corrected chi connectivity index (χ0v) is 16.8. The van der Waals surface area contributed by atoms with Gasteiger partial charge in [0.05, 0.1) is 11.4 Å². The van der Waals surface area contributed by atoms with E-state index >= 15 is 0 Å². The summed E-state index contributed by atoms with van der Waals surface area (Å²) in [6.07, 6.45) is 1.89. The Morgan fingerprint density at radius 2 is 2.12 bits per heavy atom. The third-order valence-corrected chi connectivity index (χ3v) is 6.58. The Hall–Kier alpha value is -1.70. The summed E-state index contributed by atoms with van der Waals surface area (Å²) in [6, 6.07) is 6.16. The molecule has 140 valence electrons. The van der Waals surface area contributed by atoms with Gasteiger partial charge in [-0.1, -0.05) is 19.9 Å². The molecule has 7 heteroatoms. The van der Waals surface area contributed by atoms with Gasteiger partial charge in [-0.3, -0.25) is 10.1 Å². The summed E-state index contributed by atoms with van der Waals surface area (Å²) >= 11 is 3.52. The molecule has 0 fully saturated rings. The first-order valence-electron chi connectivity index (χ1n) is 9.06. The molecule has 3 rings (SSSR count). The van der Waals surface area contributed by atoms with E-state index in [2.05, 4.69) is 53.4 Å². The highest BCUT2D eigenvalue weighted by Crippen LogP contribution is 2.31. The molecule has 3 heterocycles. The van der Waals surface area contributed by atoms with Gasteiger partial charge in [-0.05, 0) is 35.2 Å². The summed E-state index contributed by atoms with van der Waals surface area (Å²) in [5.41, 5.74) is 1.33. The SMILES string of the molecule is CC(C)CCNC(=O)NC(=O)C[NH+]1CCc2sccc2[C@@H]1c1cccs1. The predicted octanol–water partition coefficient (Wildman–Crippen LogP) is 2.21. The fourth-order valence-electron chi connectivity index (χ4n) is 3.35. The monoisotopic (exact) mass is 392 g/mol. The number of quaternary nitrogens is 1. The fraction of sp³-hybridized carbons (Fsp3) is 0.474. The zero-order valence-electron chi connectivity index (χ0n) is 15.2. The number of hydrogen-bond acceptors (Lipinski definition) is 4. The molecule has 0 aromatic carbocycles. The summed E-state index contributed by atoms with van der Waals surface area (Å²) < 4.78 is 0. The summed E-state index contributed by atoms with van der Waals surface area (Å²) in [5, 5.41) is 9.45. The molecule has 1 aliphatic rings. The van der Waals surface area contributed by atoms with Gasteiger partial charge in [-0.15, -0.1) is 22.7 Å². The minimum Gasteiger partial charge on any atom is -0.338 e. The van der Waals surface area contributed by atoms with Crippen LogP contribution in [0.2, 0.25) is 0 Å². The van der Waals surface area contributed by atoms with E-state index in [-0.39, 0.29) is 11.9 Å². The molecule has 5 nitrogen and oxygen atoms in total. The van der Waals surface area contributed by atoms with E-state index in [1.807, 2.05) is 0 Å². The van der Waals surface area contributed by atoms with E-state index in [0.29, 0.717) is 19.0 Å². The lowest BCUT2D eigenvalue weighted by atomic mass is 9.98. The number of nitrogens with one attached hydrogen (secondary N) is 3. The molecule has 3 N–H and O–H groups in total. The second-order valence-electron chi connectivity index (χ2n) is 7.07. The summed E-state index contributed by atoms with van der Waals surface area (Å²) in [4.78, 5) is 28.2. The van der Waals surface area contributed by atoms with Crippen molar-refractivity contribution in [2.24, 2.45) is 5.92 Å². The van der Waals surface area contributed by atoms with Gasteiger partial charge in [-0.2, -0.15) is 0 Å². The lowest BCUT2D eigenvalue weighted by Gasteiger charge is -2.31. The van der Waals surface area contributed by atoms with Crippen LogP contribution in [0.3, 0.4) is 0 Å². The van der Waals surface area contributed by atoms with Crippen LogP contribution in [-0.2, 0) is 11.2 Å². The van der Waals surface area contributed by atoms with Crippen molar-refractivity contribution in [3.8, 4) is 0 Å². The topological polar surface area (TPSA) is 62.6 Å². The van der Waals surface area contributed by atoms with Crippen LogP contribution in [-0.4, -0.2) is 31.6 Å². The highest BCUT2D eigenvalue weighted by atomic mass is 32.1. The van der Waals surface area contributed by atoms with Gasteiger partial charge in [-0.25, -0.2) is 4.79 Å². The van der Waals surface area contributed by atoms with E-state index in [9.17, 15) is 9.59 Å². The molecule has 0 spiro atoms. The number of amides is 3. The molecule has 0 bridgehead atoms. The van der Waals surface area contributed by atoms with Crippen LogP contribution in [0, 0.1) is 5.92 Å². The Kier molecular flexibility index (Phi) is 6.45. The first-order valence-corrected chi connectivity index (χ1v) is 10.8. The summed E-state index contributed by atoms with van der Waals surface area (Å²) in [7, 11) is 0. The minimum atomic E-state index is -0.393. The van der Waals surface area contributed by atoms with E-state index in [4.69, 9.17) is 0 Å². The molecule has 2 aromatic heterocycles. The van der Waals surface area contributed by atoms with Crippen LogP contribution >= 0.6 is 22.7 Å². The van der Waals surface area contributed by atoms with Crippen molar-refractivity contribution in [2.75, 3.05) is 19.6 Å². The highest BCUT2D eigenvalue weighted by Gasteiger charge is 2.35. The van der Waals surface area contributed by atoms with E-state index in [1.54, 1.807) is 22.7 Å². The third kappa shape index (κ3) is 4.72. The first kappa shape index (κ1) is 19.1. The maximum absolute atomic E-state index is 12.4. The van der Waals surface area contributed by atoms with Crippen LogP contribution in [0.15, 0.2) is 29.0 Å². The molecular formula is C19H26N3O2S2+. The van der Waals surface area contributed by atoms with Crippen molar-refractivity contribution in [1.29, 1.82) is 0 Å². The molecule has 2 atom stereocenters. The van der Waals surface area contributed by atoms with Gasteiger partial charge in [0.15, 0.2) is 6.54 Å². The van der Waals surface area contributed by atoms with Crippen LogP contribution in [0.4, 0.5) is 4.79 Å². The second kappa shape index (κ2) is 8.79. The smallest absolute Gasteiger partial charge is 0.321 e. The lowest BCUT2D eigenvalue weighted by molar-refractivity contribution is -0.919. The predicted molar refractivity (Wildman–Crippen MR) is 106 cm³/mol. The molecule has 0 aliphatic carbocycles. The molecule has 3 amide bonds. The minimum absolute atomic E-state index is 0.180. The van der Waals surface area contributed by atoms with Crippen LogP contribution in [0.1, 0.15) is 41.6 Å². The van der Waals surface area contributed by atoms with Crippen LogP contribution in [0.5, 0.6) is 0 Å². The number of carbonyl (C=O) groups excluding carboxylic acids is 2. The van der Waals surface area contributed by atoms with Crippen molar-refractivity contribution in [3.05, 3.63) is 44.3 Å². The van der Waals surface area contributed by atoms with Gasteiger partial charge >= 0.3 is 6.03 Å². The van der Waals surface area contributed by atoms with Gasteiger partial charge in [0, 0.05) is 23.4 Å². The van der Waals surface area contributed by atoms with Crippen LogP contribution in [0.25, 0.3) is 0 Å². The maximum Gasteiger partial charge on any atom is 0.321 e. The third-order valence-electron chi connectivity index (χ3n) is 4.65. The standard InChI is InChI=1S/C19H25N3O2S2/c1-13(2)5-8-20-19(24)21-17(23)12-22-9-6-15-14(7-11-26-15)18(22)16-4-3-10-25-16/h3-4,7,10-11,13,18H,5-6,8-9,12H2,1-2H3,(H2,20,21,23,24)/p+1/t18-/m1/s1. The quantitative estimate of drug-likeness (QED) is 0.706. The van der Waals surface area contributed by atoms with Gasteiger partial charge < -0.3 is 10.2 Å². The number of urea groups is 1. The molecule has 0 saturated heterocycles. The highest BCUT2D eigenvalue weighted by molar-refractivity contribution is 7.10. The Bertz CT molecular complexity index is 740. The summed E-state index contributed by atoms with van der Waals surface area (Å²) in [5.74, 6) is 0.303. The Balaban J connectivity index is 1.61. The maximum atomic E-state index is 12.4. The normalized spacial score (nSPS) is 19.2. The van der Waals surface area contributed by atoms with E-state index in [1.165, 1.54) is 20.2 Å². The largest absolute Gasteiger partial charge is 0.338 e. The van der Waals surface area contributed by atoms with E-state index < -0.39 is 6.03 Å². The lowest BCUT2D eigenvalue weighted by Crippen LogP contribution is -3.14. The molecule has 1 unspecified atom stereocenters. The molecular weight excluding hydrogens is 366 g/mol. The molecule has 2 aromatic rings. The first-order chi connectivity index (χ1) is 12.5. The Labute approximate surface area is 162 Å². The second-order valence-corrected chi connectivity index (χ2v) is 9.05. The van der Waals surface area contributed by atoms with Crippen molar-refractivity contribution < 1.29 is 14.5 Å². The van der Waals surface area contributed by atoms with Crippen molar-refractivity contribution >= 4 is 34.6 Å². The number of carbonyl (C=O) groups is 2. The average molecular weight is 393 g/mol. The van der Waals surface area contributed by atoms with Gasteiger partial charge in [0.2, 0.25) is 0 Å². The molecule has 0 radical (unpaired) electrons. The van der Waals surface area contributed by atoms with Gasteiger partial charge in [0.25, 0.3) is 5.91 Å². The number of hydrogen-bond donors (Lipinski definition) is 3. The van der Waals surface area contributed by atoms with E-state index in [0.717, 1.165) is 19.4 Å². The molecule has 26 heavy (non-hydrogen) atoms. The van der Waals surface area contributed by atoms with Gasteiger partial charge in [0.1, 0.15) is 6.04 Å². The van der Waals surface area contributed by atoms with Crippen molar-refractivity contribution in [3.63, 3.8) is 0 Å². The summed E-state index contributed by atoms with van der Waals surface area (Å²) in [6.45, 7) is 6.00.